The highest BCUT2D eigenvalue weighted by molar-refractivity contribution is 5.71. The molecule has 1 heteroatoms. The Bertz CT molecular complexity index is 1660. The van der Waals surface area contributed by atoms with Crippen molar-refractivity contribution in [1.82, 2.24) is 0 Å². The fourth-order valence-electron chi connectivity index (χ4n) is 10.4. The predicted molar refractivity (Wildman–Crippen MR) is 243 cm³/mol. The Morgan fingerprint density at radius 2 is 0.696 bits per heavy atom. The van der Waals surface area contributed by atoms with E-state index in [2.05, 4.69) is 52.0 Å². The van der Waals surface area contributed by atoms with E-state index in [1.165, 1.54) is 93.7 Å². The minimum atomic E-state index is -0.183. The zero-order valence-corrected chi connectivity index (χ0v) is 35.5. The summed E-state index contributed by atoms with van der Waals surface area (Å²) in [5.74, 6) is 8.02. The quantitative estimate of drug-likeness (QED) is 0.190. The van der Waals surface area contributed by atoms with Crippen LogP contribution in [0.5, 0.6) is 0 Å². The van der Waals surface area contributed by atoms with E-state index >= 15 is 0 Å². The molecule has 4 aliphatic rings. The highest BCUT2D eigenvalue weighted by atomic mass is 19.1. The second-order valence-corrected chi connectivity index (χ2v) is 19.0. The molecule has 0 saturated heterocycles. The van der Waals surface area contributed by atoms with Gasteiger partial charge in [-0.2, -0.15) is 0 Å². The standard InChI is InChI=1S/C20H17F.C20H30.C14H26.CH4/c1-14-3-7-16(8-4-14)18-11-12-19(20(21)13-18)17-9-5-15(2)6-10-17;1-15-3-7-17(8-4-15)19-11-13-20(14-12-19)18-9-5-16(2)6-10-18;1-11-3-7-13(8-4-11)14-9-5-12(2)6-10-14;/h3-13H,1-2H3;3-4,7-8,16,18-20H,5-6,9-14H2,1-2H3;11-14H,3-10H2,1-2H3;1H4. The number of hydrogen-bond donors (Lipinski definition) is 0. The smallest absolute Gasteiger partial charge is 0.131 e. The Labute approximate surface area is 343 Å². The van der Waals surface area contributed by atoms with E-state index in [4.69, 9.17) is 0 Å². The minimum absolute atomic E-state index is 0. The maximum absolute atomic E-state index is 14.4. The van der Waals surface area contributed by atoms with E-state index in [0.717, 1.165) is 64.0 Å². The molecular weight excluding hydrogens is 680 g/mol. The maximum atomic E-state index is 14.4. The van der Waals surface area contributed by atoms with Gasteiger partial charge in [-0.25, -0.2) is 4.39 Å². The Hall–Kier alpha value is -3.19. The highest BCUT2D eigenvalue weighted by Crippen LogP contribution is 2.44. The molecule has 8 rings (SSSR count). The Balaban J connectivity index is 0.000000163. The summed E-state index contributed by atoms with van der Waals surface area (Å²) in [5.41, 5.74) is 8.86. The van der Waals surface area contributed by atoms with Crippen LogP contribution in [0.2, 0.25) is 0 Å². The van der Waals surface area contributed by atoms with Crippen LogP contribution < -0.4 is 0 Å². The van der Waals surface area contributed by atoms with Gasteiger partial charge in [0.05, 0.1) is 0 Å². The first-order valence-electron chi connectivity index (χ1n) is 22.6. The van der Waals surface area contributed by atoms with Crippen molar-refractivity contribution in [1.29, 1.82) is 0 Å². The summed E-state index contributed by atoms with van der Waals surface area (Å²) in [6.45, 7) is 13.6. The van der Waals surface area contributed by atoms with Crippen molar-refractivity contribution in [2.45, 2.75) is 158 Å². The molecule has 0 atom stereocenters. The van der Waals surface area contributed by atoms with Gasteiger partial charge in [0.2, 0.25) is 0 Å². The fraction of sp³-hybridized carbons (Fsp3) is 0.564. The minimum Gasteiger partial charge on any atom is -0.206 e. The van der Waals surface area contributed by atoms with Crippen LogP contribution in [0.15, 0.2) is 91.0 Å². The molecule has 4 saturated carbocycles. The SMILES string of the molecule is C.CC1CCC(C2CCC(C)CC2)CC1.Cc1ccc(-c2ccc(-c3ccc(C)cc3)c(F)c2)cc1.Cc1ccc(C2CCC(C3CCC(C)CC3)CC2)cc1. The van der Waals surface area contributed by atoms with Crippen LogP contribution >= 0.6 is 0 Å². The second kappa shape index (κ2) is 21.5. The molecule has 56 heavy (non-hydrogen) atoms. The van der Waals surface area contributed by atoms with Crippen molar-refractivity contribution in [2.24, 2.45) is 41.4 Å². The molecule has 304 valence electrons. The average Bonchev–Trinajstić information content (AvgIpc) is 3.20. The lowest BCUT2D eigenvalue weighted by Gasteiger charge is -2.37. The van der Waals surface area contributed by atoms with E-state index in [0.29, 0.717) is 5.56 Å². The third-order valence-corrected chi connectivity index (χ3v) is 14.6. The molecule has 0 unspecified atom stereocenters. The summed E-state index contributed by atoms with van der Waals surface area (Å²) in [5, 5.41) is 0. The van der Waals surface area contributed by atoms with Crippen molar-refractivity contribution >= 4 is 0 Å². The van der Waals surface area contributed by atoms with E-state index in [9.17, 15) is 4.39 Å². The van der Waals surface area contributed by atoms with E-state index in [-0.39, 0.29) is 13.2 Å². The summed E-state index contributed by atoms with van der Waals surface area (Å²) >= 11 is 0. The number of halogens is 1. The zero-order chi connectivity index (χ0) is 38.7. The van der Waals surface area contributed by atoms with Crippen LogP contribution in [-0.4, -0.2) is 0 Å². The van der Waals surface area contributed by atoms with Gasteiger partial charge in [0.1, 0.15) is 5.82 Å². The van der Waals surface area contributed by atoms with Gasteiger partial charge in [0.25, 0.3) is 0 Å². The number of rotatable bonds is 5. The summed E-state index contributed by atoms with van der Waals surface area (Å²) in [7, 11) is 0. The first kappa shape index (κ1) is 43.9. The maximum Gasteiger partial charge on any atom is 0.131 e. The topological polar surface area (TPSA) is 0 Å². The van der Waals surface area contributed by atoms with E-state index in [1.807, 2.05) is 74.5 Å². The molecule has 4 aromatic carbocycles. The molecule has 0 nitrogen and oxygen atoms in total. The Morgan fingerprint density at radius 3 is 1.07 bits per heavy atom. The largest absolute Gasteiger partial charge is 0.206 e. The molecule has 0 heterocycles. The van der Waals surface area contributed by atoms with Crippen LogP contribution in [0.25, 0.3) is 22.3 Å². The molecule has 0 bridgehead atoms. The summed E-state index contributed by atoms with van der Waals surface area (Å²) in [4.78, 5) is 0. The van der Waals surface area contributed by atoms with Gasteiger partial charge in [0.15, 0.2) is 0 Å². The first-order chi connectivity index (χ1) is 26.6. The summed E-state index contributed by atoms with van der Waals surface area (Å²) < 4.78 is 14.4. The Kier molecular flexibility index (Phi) is 16.9. The Morgan fingerprint density at radius 1 is 0.375 bits per heavy atom. The lowest BCUT2D eigenvalue weighted by molar-refractivity contribution is 0.155. The number of hydrogen-bond acceptors (Lipinski definition) is 0. The normalized spacial score (nSPS) is 27.7. The van der Waals surface area contributed by atoms with Crippen LogP contribution in [0.4, 0.5) is 4.39 Å². The molecule has 4 aromatic rings. The molecule has 4 aliphatic carbocycles. The van der Waals surface area contributed by atoms with Crippen molar-refractivity contribution in [3.63, 3.8) is 0 Å². The third kappa shape index (κ3) is 12.7. The third-order valence-electron chi connectivity index (χ3n) is 14.6. The molecule has 0 radical (unpaired) electrons. The van der Waals surface area contributed by atoms with Crippen LogP contribution in [0, 0.1) is 68.0 Å². The van der Waals surface area contributed by atoms with Gasteiger partial charge in [0, 0.05) is 5.56 Å². The van der Waals surface area contributed by atoms with E-state index < -0.39 is 0 Å². The number of benzene rings is 4. The van der Waals surface area contributed by atoms with Gasteiger partial charge in [-0.05, 0) is 161 Å². The van der Waals surface area contributed by atoms with Crippen LogP contribution in [0.1, 0.15) is 159 Å². The van der Waals surface area contributed by atoms with Crippen molar-refractivity contribution in [2.75, 3.05) is 0 Å². The van der Waals surface area contributed by atoms with Crippen molar-refractivity contribution in [3.05, 3.63) is 119 Å². The monoisotopic (exact) mass is 757 g/mol. The van der Waals surface area contributed by atoms with Gasteiger partial charge in [-0.15, -0.1) is 0 Å². The molecule has 0 spiro atoms. The molecule has 0 amide bonds. The zero-order valence-electron chi connectivity index (χ0n) is 35.5. The van der Waals surface area contributed by atoms with Gasteiger partial charge in [-0.1, -0.05) is 168 Å². The lowest BCUT2D eigenvalue weighted by Crippen LogP contribution is -2.24. The second-order valence-electron chi connectivity index (χ2n) is 19.0. The van der Waals surface area contributed by atoms with Gasteiger partial charge >= 0.3 is 0 Å². The fourth-order valence-corrected chi connectivity index (χ4v) is 10.4. The number of aryl methyl sites for hydroxylation is 3. The first-order valence-corrected chi connectivity index (χ1v) is 22.6. The predicted octanol–water partition coefficient (Wildman–Crippen LogP) is 17.1. The molecule has 0 N–H and O–H groups in total. The van der Waals surface area contributed by atoms with Gasteiger partial charge in [-0.3, -0.25) is 0 Å². The van der Waals surface area contributed by atoms with Gasteiger partial charge < -0.3 is 0 Å². The van der Waals surface area contributed by atoms with E-state index in [1.54, 1.807) is 37.3 Å². The molecular formula is C55H77F. The summed E-state index contributed by atoms with van der Waals surface area (Å²) in [6.07, 6.45) is 24.0. The van der Waals surface area contributed by atoms with Crippen LogP contribution in [-0.2, 0) is 0 Å². The lowest BCUT2D eigenvalue weighted by atomic mass is 9.68. The molecule has 0 aliphatic heterocycles. The van der Waals surface area contributed by atoms with Crippen molar-refractivity contribution in [3.8, 4) is 22.3 Å². The highest BCUT2D eigenvalue weighted by Gasteiger charge is 2.31. The van der Waals surface area contributed by atoms with Crippen LogP contribution in [0.3, 0.4) is 0 Å². The van der Waals surface area contributed by atoms with Crippen molar-refractivity contribution < 1.29 is 4.39 Å². The average molecular weight is 757 g/mol. The summed E-state index contributed by atoms with van der Waals surface area (Å²) in [6, 6.07) is 30.8. The molecule has 4 fully saturated rings. The molecule has 0 aromatic heterocycles.